The molecule has 2 rings (SSSR count). The third kappa shape index (κ3) is 4.31. The van der Waals surface area contributed by atoms with Crippen LogP contribution in [0.2, 0.25) is 0 Å². The maximum absolute atomic E-state index is 11.7. The average Bonchev–Trinajstić information content (AvgIpc) is 3.24. The fourth-order valence-corrected chi connectivity index (χ4v) is 1.79. The van der Waals surface area contributed by atoms with Gasteiger partial charge in [-0.1, -0.05) is 36.3 Å². The van der Waals surface area contributed by atoms with Gasteiger partial charge in [0.05, 0.1) is 6.10 Å². The van der Waals surface area contributed by atoms with Crippen molar-refractivity contribution in [2.24, 2.45) is 0 Å². The van der Waals surface area contributed by atoms with E-state index in [4.69, 9.17) is 11.2 Å². The number of terminal acetylenes is 1. The number of ether oxygens (including phenoxy) is 1. The lowest BCUT2D eigenvalue weighted by molar-refractivity contribution is -0.121. The maximum Gasteiger partial charge on any atom is 0.255 e. The van der Waals surface area contributed by atoms with Crippen molar-refractivity contribution in [2.75, 3.05) is 0 Å². The van der Waals surface area contributed by atoms with E-state index >= 15 is 0 Å². The Morgan fingerprint density at radius 1 is 1.40 bits per heavy atom. The second kappa shape index (κ2) is 7.19. The van der Waals surface area contributed by atoms with Crippen LogP contribution < -0.4 is 5.32 Å². The Bertz CT molecular complexity index is 587. The molecule has 0 unspecified atom stereocenters. The molecular formula is C17H15NO2. The quantitative estimate of drug-likeness (QED) is 0.653. The molecule has 1 amide bonds. The van der Waals surface area contributed by atoms with Crippen molar-refractivity contribution in [3.8, 4) is 24.2 Å². The molecule has 1 aliphatic heterocycles. The Labute approximate surface area is 119 Å². The van der Waals surface area contributed by atoms with Crippen LogP contribution in [-0.4, -0.2) is 18.1 Å². The topological polar surface area (TPSA) is 41.6 Å². The van der Waals surface area contributed by atoms with E-state index in [-0.39, 0.29) is 18.1 Å². The van der Waals surface area contributed by atoms with Crippen molar-refractivity contribution in [3.63, 3.8) is 0 Å². The number of amides is 1. The van der Waals surface area contributed by atoms with Gasteiger partial charge >= 0.3 is 0 Å². The molecule has 1 N–H and O–H groups in total. The molecule has 0 spiro atoms. The minimum atomic E-state index is -0.358. The Hall–Kier alpha value is -2.49. The van der Waals surface area contributed by atoms with Crippen molar-refractivity contribution in [1.29, 1.82) is 0 Å². The summed E-state index contributed by atoms with van der Waals surface area (Å²) in [6.45, 7) is 0. The van der Waals surface area contributed by atoms with E-state index in [9.17, 15) is 4.79 Å². The first-order valence-corrected chi connectivity index (χ1v) is 6.42. The summed E-state index contributed by atoms with van der Waals surface area (Å²) < 4.78 is 5.30. The maximum atomic E-state index is 11.7. The summed E-state index contributed by atoms with van der Waals surface area (Å²) >= 11 is 0. The van der Waals surface area contributed by atoms with Crippen molar-refractivity contribution in [3.05, 3.63) is 42.1 Å². The zero-order valence-corrected chi connectivity index (χ0v) is 11.0. The molecule has 1 saturated heterocycles. The van der Waals surface area contributed by atoms with E-state index < -0.39 is 0 Å². The standard InChI is InChI=1S/C17H15NO2/c1-2-3-4-8-11-15-16(20-15)17(19)18-13-12-14-9-6-5-7-10-14/h1,5-7,9-10,12-13,15-16H,8,11H2,(H,18,19)/t15-,16-/m0/s1. The second-order valence-electron chi connectivity index (χ2n) is 4.33. The summed E-state index contributed by atoms with van der Waals surface area (Å²) in [5.41, 5.74) is 1.03. The lowest BCUT2D eigenvalue weighted by atomic mass is 10.2. The summed E-state index contributed by atoms with van der Waals surface area (Å²) in [4.78, 5) is 11.7. The molecule has 20 heavy (non-hydrogen) atoms. The lowest BCUT2D eigenvalue weighted by Gasteiger charge is -1.95. The highest BCUT2D eigenvalue weighted by atomic mass is 16.6. The molecule has 1 heterocycles. The summed E-state index contributed by atoms with van der Waals surface area (Å²) in [7, 11) is 0. The molecule has 3 nitrogen and oxygen atoms in total. The van der Waals surface area contributed by atoms with Crippen LogP contribution in [0.5, 0.6) is 0 Å². The van der Waals surface area contributed by atoms with Gasteiger partial charge in [-0.2, -0.15) is 0 Å². The fraction of sp³-hybridized carbons (Fsp3) is 0.235. The molecule has 0 aromatic heterocycles. The largest absolute Gasteiger partial charge is 0.359 e. The highest BCUT2D eigenvalue weighted by molar-refractivity contribution is 5.85. The predicted octanol–water partition coefficient (Wildman–Crippen LogP) is 1.96. The van der Waals surface area contributed by atoms with Gasteiger partial charge in [0.25, 0.3) is 5.91 Å². The number of hydrogen-bond acceptors (Lipinski definition) is 2. The number of nitrogens with one attached hydrogen (secondary N) is 1. The SMILES string of the molecule is C#CC#CCC[C@@H]1O[C@@H]1C(=O)NC=Cc1ccccc1. The van der Waals surface area contributed by atoms with Crippen LogP contribution in [0.25, 0.3) is 6.08 Å². The van der Waals surface area contributed by atoms with Gasteiger partial charge in [0, 0.05) is 12.6 Å². The van der Waals surface area contributed by atoms with Gasteiger partial charge in [-0.15, -0.1) is 6.42 Å². The Morgan fingerprint density at radius 2 is 2.20 bits per heavy atom. The third-order valence-corrected chi connectivity index (χ3v) is 2.86. The Balaban J connectivity index is 1.69. The average molecular weight is 265 g/mol. The molecule has 3 heteroatoms. The molecule has 0 saturated carbocycles. The third-order valence-electron chi connectivity index (χ3n) is 2.86. The van der Waals surface area contributed by atoms with Gasteiger partial charge < -0.3 is 10.1 Å². The lowest BCUT2D eigenvalue weighted by Crippen LogP contribution is -2.24. The molecule has 1 aliphatic rings. The molecule has 0 radical (unpaired) electrons. The van der Waals surface area contributed by atoms with Crippen LogP contribution >= 0.6 is 0 Å². The van der Waals surface area contributed by atoms with Crippen molar-refractivity contribution >= 4 is 12.0 Å². The summed E-state index contributed by atoms with van der Waals surface area (Å²) in [6, 6.07) is 9.76. The van der Waals surface area contributed by atoms with Crippen LogP contribution in [0.15, 0.2) is 36.5 Å². The van der Waals surface area contributed by atoms with Crippen LogP contribution in [0.4, 0.5) is 0 Å². The normalized spacial score (nSPS) is 19.8. The summed E-state index contributed by atoms with van der Waals surface area (Å²) in [5, 5.41) is 2.71. The van der Waals surface area contributed by atoms with Crippen molar-refractivity contribution in [2.45, 2.75) is 25.0 Å². The summed E-state index contributed by atoms with van der Waals surface area (Å²) in [6.07, 6.45) is 9.48. The number of hydrogen-bond donors (Lipinski definition) is 1. The monoisotopic (exact) mass is 265 g/mol. The van der Waals surface area contributed by atoms with Gasteiger partial charge in [0.1, 0.15) is 0 Å². The highest BCUT2D eigenvalue weighted by Gasteiger charge is 2.43. The number of epoxide rings is 1. The van der Waals surface area contributed by atoms with Gasteiger partial charge in [0.2, 0.25) is 0 Å². The van der Waals surface area contributed by atoms with E-state index in [0.29, 0.717) is 6.42 Å². The van der Waals surface area contributed by atoms with E-state index in [0.717, 1.165) is 12.0 Å². The molecule has 1 aromatic carbocycles. The van der Waals surface area contributed by atoms with E-state index in [1.165, 1.54) is 0 Å². The van der Waals surface area contributed by atoms with Crippen molar-refractivity contribution in [1.82, 2.24) is 5.32 Å². The van der Waals surface area contributed by atoms with Crippen LogP contribution in [0, 0.1) is 24.2 Å². The van der Waals surface area contributed by atoms with Gasteiger partial charge in [-0.25, -0.2) is 0 Å². The molecule has 100 valence electrons. The first-order chi connectivity index (χ1) is 9.81. The molecule has 1 aromatic rings. The Morgan fingerprint density at radius 3 is 2.95 bits per heavy atom. The first kappa shape index (κ1) is 13.9. The summed E-state index contributed by atoms with van der Waals surface area (Å²) in [5.74, 6) is 7.49. The van der Waals surface area contributed by atoms with Crippen LogP contribution in [0.1, 0.15) is 18.4 Å². The molecular weight excluding hydrogens is 250 g/mol. The first-order valence-electron chi connectivity index (χ1n) is 6.42. The number of carbonyl (C=O) groups excluding carboxylic acids is 1. The highest BCUT2D eigenvalue weighted by Crippen LogP contribution is 2.26. The van der Waals surface area contributed by atoms with Gasteiger partial charge in [-0.05, 0) is 29.9 Å². The smallest absolute Gasteiger partial charge is 0.255 e. The van der Waals surface area contributed by atoms with Gasteiger partial charge in [0.15, 0.2) is 6.10 Å². The number of benzene rings is 1. The molecule has 0 aliphatic carbocycles. The molecule has 2 atom stereocenters. The zero-order chi connectivity index (χ0) is 14.2. The van der Waals surface area contributed by atoms with Gasteiger partial charge in [-0.3, -0.25) is 4.79 Å². The van der Waals surface area contributed by atoms with Crippen LogP contribution in [-0.2, 0) is 9.53 Å². The van der Waals surface area contributed by atoms with E-state index in [1.807, 2.05) is 36.4 Å². The zero-order valence-electron chi connectivity index (χ0n) is 11.0. The number of rotatable bonds is 5. The minimum absolute atomic E-state index is 0.0350. The van der Waals surface area contributed by atoms with Crippen molar-refractivity contribution < 1.29 is 9.53 Å². The fourth-order valence-electron chi connectivity index (χ4n) is 1.79. The van der Waals surface area contributed by atoms with E-state index in [1.54, 1.807) is 6.20 Å². The molecule has 0 bridgehead atoms. The number of carbonyl (C=O) groups is 1. The second-order valence-corrected chi connectivity index (χ2v) is 4.33. The minimum Gasteiger partial charge on any atom is -0.359 e. The van der Waals surface area contributed by atoms with Crippen LogP contribution in [0.3, 0.4) is 0 Å². The predicted molar refractivity (Wildman–Crippen MR) is 78.1 cm³/mol. The van der Waals surface area contributed by atoms with E-state index in [2.05, 4.69) is 23.1 Å². The molecule has 1 fully saturated rings. The Kier molecular flexibility index (Phi) is 5.00.